The zero-order valence-electron chi connectivity index (χ0n) is 20.1. The highest BCUT2D eigenvalue weighted by Crippen LogP contribution is 2.33. The average molecular weight is 468 g/mol. The van der Waals surface area contributed by atoms with E-state index in [-0.39, 0.29) is 5.48 Å². The van der Waals surface area contributed by atoms with Crippen molar-refractivity contribution in [3.63, 3.8) is 0 Å². The first-order valence-corrected chi connectivity index (χ1v) is 11.7. The molecular formula is C29H33N5O. The van der Waals surface area contributed by atoms with E-state index in [9.17, 15) is 0 Å². The third-order valence-corrected chi connectivity index (χ3v) is 6.63. The van der Waals surface area contributed by atoms with Crippen molar-refractivity contribution in [3.05, 3.63) is 109 Å². The van der Waals surface area contributed by atoms with Gasteiger partial charge in [0.25, 0.3) is 0 Å². The minimum atomic E-state index is 0. The summed E-state index contributed by atoms with van der Waals surface area (Å²) in [6, 6.07) is 27.9. The van der Waals surface area contributed by atoms with Gasteiger partial charge in [-0.3, -0.25) is 0 Å². The molecule has 0 unspecified atom stereocenters. The van der Waals surface area contributed by atoms with Crippen LogP contribution in [0.1, 0.15) is 11.3 Å². The molecule has 1 aliphatic rings. The highest BCUT2D eigenvalue weighted by Gasteiger charge is 2.23. The first kappa shape index (κ1) is 24.0. The van der Waals surface area contributed by atoms with Gasteiger partial charge in [-0.25, -0.2) is 0 Å². The maximum absolute atomic E-state index is 5.87. The fourth-order valence-electron chi connectivity index (χ4n) is 4.69. The molecule has 5 rings (SSSR count). The van der Waals surface area contributed by atoms with Crippen molar-refractivity contribution in [1.29, 1.82) is 0 Å². The molecule has 0 spiro atoms. The molecule has 6 N–H and O–H groups in total. The van der Waals surface area contributed by atoms with Crippen molar-refractivity contribution >= 4 is 22.3 Å². The van der Waals surface area contributed by atoms with Crippen molar-refractivity contribution in [3.8, 4) is 11.1 Å². The lowest BCUT2D eigenvalue weighted by Gasteiger charge is -2.27. The summed E-state index contributed by atoms with van der Waals surface area (Å²) < 4.78 is 0. The molecule has 1 aromatic heterocycles. The van der Waals surface area contributed by atoms with Gasteiger partial charge in [0.15, 0.2) is 0 Å². The number of hydrogen-bond acceptors (Lipinski definition) is 4. The first-order valence-electron chi connectivity index (χ1n) is 11.7. The van der Waals surface area contributed by atoms with Gasteiger partial charge in [-0.1, -0.05) is 61.2 Å². The first-order chi connectivity index (χ1) is 16.7. The van der Waals surface area contributed by atoms with Gasteiger partial charge in [0, 0.05) is 55.2 Å². The third-order valence-electron chi connectivity index (χ3n) is 6.63. The SMILES string of the molecule is C=C(c1cc2ccccc2[nH]1)N1CCN(C/C(=C/N)NC)c2ccc(-c3ccccc3)cc2C1.O. The lowest BCUT2D eigenvalue weighted by Crippen LogP contribution is -2.34. The summed E-state index contributed by atoms with van der Waals surface area (Å²) in [5.74, 6) is 0. The summed E-state index contributed by atoms with van der Waals surface area (Å²) in [7, 11) is 1.92. The van der Waals surface area contributed by atoms with Gasteiger partial charge in [0.05, 0.1) is 17.9 Å². The molecule has 6 heteroatoms. The quantitative estimate of drug-likeness (QED) is 0.394. The molecule has 35 heavy (non-hydrogen) atoms. The van der Waals surface area contributed by atoms with Crippen LogP contribution in [0.2, 0.25) is 0 Å². The van der Waals surface area contributed by atoms with Crippen LogP contribution in [0.4, 0.5) is 5.69 Å². The number of nitrogens with zero attached hydrogens (tertiary/aromatic N) is 2. The Labute approximate surface area is 206 Å². The molecule has 0 amide bonds. The Hall–Kier alpha value is -4.16. The van der Waals surface area contributed by atoms with E-state index in [1.807, 2.05) is 7.05 Å². The van der Waals surface area contributed by atoms with Gasteiger partial charge in [0.2, 0.25) is 0 Å². The summed E-state index contributed by atoms with van der Waals surface area (Å²) in [6.07, 6.45) is 1.66. The number of para-hydroxylation sites is 1. The van der Waals surface area contributed by atoms with Crippen LogP contribution in [0.5, 0.6) is 0 Å². The van der Waals surface area contributed by atoms with Gasteiger partial charge in [-0.05, 0) is 41.0 Å². The van der Waals surface area contributed by atoms with Crippen molar-refractivity contribution in [2.24, 2.45) is 5.73 Å². The molecule has 0 fully saturated rings. The van der Waals surface area contributed by atoms with E-state index in [2.05, 4.69) is 106 Å². The number of nitrogens with one attached hydrogen (secondary N) is 2. The Morgan fingerprint density at radius 3 is 2.51 bits per heavy atom. The number of H-pyrrole nitrogens is 1. The van der Waals surface area contributed by atoms with E-state index in [1.54, 1.807) is 6.20 Å². The molecule has 0 aliphatic carbocycles. The number of rotatable bonds is 6. The average Bonchev–Trinajstić information content (AvgIpc) is 3.24. The molecule has 0 saturated heterocycles. The van der Waals surface area contributed by atoms with Crippen molar-refractivity contribution in [1.82, 2.24) is 15.2 Å². The summed E-state index contributed by atoms with van der Waals surface area (Å²) >= 11 is 0. The number of benzene rings is 3. The monoisotopic (exact) mass is 467 g/mol. The predicted octanol–water partition coefficient (Wildman–Crippen LogP) is 4.32. The van der Waals surface area contributed by atoms with Crippen LogP contribution >= 0.6 is 0 Å². The van der Waals surface area contributed by atoms with Crippen molar-refractivity contribution in [2.75, 3.05) is 31.6 Å². The molecule has 0 saturated carbocycles. The Morgan fingerprint density at radius 2 is 1.77 bits per heavy atom. The second-order valence-corrected chi connectivity index (χ2v) is 8.71. The van der Waals surface area contributed by atoms with Crippen LogP contribution in [0.25, 0.3) is 27.7 Å². The number of aromatic nitrogens is 1. The second kappa shape index (κ2) is 10.4. The zero-order valence-corrected chi connectivity index (χ0v) is 20.1. The van der Waals surface area contributed by atoms with Crippen LogP contribution < -0.4 is 16.0 Å². The highest BCUT2D eigenvalue weighted by molar-refractivity contribution is 5.84. The molecular weight excluding hydrogens is 434 g/mol. The summed E-state index contributed by atoms with van der Waals surface area (Å²) in [6.45, 7) is 7.75. The molecule has 0 bridgehead atoms. The summed E-state index contributed by atoms with van der Waals surface area (Å²) in [5, 5.41) is 4.42. The van der Waals surface area contributed by atoms with Gasteiger partial charge in [-0.2, -0.15) is 0 Å². The molecule has 2 heterocycles. The van der Waals surface area contributed by atoms with Crippen LogP contribution in [0, 0.1) is 0 Å². The fourth-order valence-corrected chi connectivity index (χ4v) is 4.69. The van der Waals surface area contributed by atoms with E-state index in [0.717, 1.165) is 48.8 Å². The highest BCUT2D eigenvalue weighted by atomic mass is 16.0. The largest absolute Gasteiger partial charge is 0.412 e. The van der Waals surface area contributed by atoms with E-state index >= 15 is 0 Å². The normalized spacial score (nSPS) is 13.7. The van der Waals surface area contributed by atoms with E-state index in [4.69, 9.17) is 5.73 Å². The van der Waals surface area contributed by atoms with Gasteiger partial charge in [0.1, 0.15) is 0 Å². The standard InChI is InChI=1S/C29H31N5.H2O/c1-21(28-17-24-10-6-7-11-27(24)32-28)33-14-15-34(20-26(18-30)31-2)29-13-12-23(16-25(29)19-33)22-8-4-3-5-9-22;/h3-13,16-18,31-32H,1,14-15,19-20,30H2,2H3;1H2/b26-18-;. The number of hydrogen-bond donors (Lipinski definition) is 3. The minimum absolute atomic E-state index is 0. The number of aromatic amines is 1. The second-order valence-electron chi connectivity index (χ2n) is 8.71. The Kier molecular flexibility index (Phi) is 7.13. The third kappa shape index (κ3) is 4.88. The molecule has 4 aromatic rings. The topological polar surface area (TPSA) is 91.8 Å². The lowest BCUT2D eigenvalue weighted by molar-refractivity contribution is 0.406. The molecule has 6 nitrogen and oxygen atoms in total. The molecule has 1 aliphatic heterocycles. The number of anilines is 1. The Balaban J connectivity index is 0.00000289. The molecule has 3 aromatic carbocycles. The number of likely N-dealkylation sites (N-methyl/N-ethyl adjacent to an activating group) is 1. The Bertz CT molecular complexity index is 1310. The summed E-state index contributed by atoms with van der Waals surface area (Å²) in [5.41, 5.74) is 15.0. The smallest absolute Gasteiger partial charge is 0.0622 e. The summed E-state index contributed by atoms with van der Waals surface area (Å²) in [4.78, 5) is 8.32. The van der Waals surface area contributed by atoms with E-state index in [1.165, 1.54) is 27.8 Å². The zero-order chi connectivity index (χ0) is 23.5. The molecule has 180 valence electrons. The van der Waals surface area contributed by atoms with Crippen LogP contribution in [-0.4, -0.2) is 42.0 Å². The van der Waals surface area contributed by atoms with E-state index < -0.39 is 0 Å². The number of nitrogens with two attached hydrogens (primary N) is 1. The molecule has 0 atom stereocenters. The van der Waals surface area contributed by atoms with Crippen LogP contribution in [0.15, 0.2) is 97.3 Å². The van der Waals surface area contributed by atoms with Gasteiger partial charge < -0.3 is 31.3 Å². The van der Waals surface area contributed by atoms with Crippen LogP contribution in [0.3, 0.4) is 0 Å². The van der Waals surface area contributed by atoms with Crippen LogP contribution in [-0.2, 0) is 6.54 Å². The van der Waals surface area contributed by atoms with Crippen molar-refractivity contribution in [2.45, 2.75) is 6.54 Å². The van der Waals surface area contributed by atoms with Gasteiger partial charge in [-0.15, -0.1) is 0 Å². The van der Waals surface area contributed by atoms with E-state index in [0.29, 0.717) is 0 Å². The number of fused-ring (bicyclic) bond motifs is 2. The molecule has 0 radical (unpaired) electrons. The maximum Gasteiger partial charge on any atom is 0.0622 e. The fraction of sp³-hybridized carbons (Fsp3) is 0.172. The minimum Gasteiger partial charge on any atom is -0.412 e. The van der Waals surface area contributed by atoms with Gasteiger partial charge >= 0.3 is 0 Å². The Morgan fingerprint density at radius 1 is 1.00 bits per heavy atom. The predicted molar refractivity (Wildman–Crippen MR) is 147 cm³/mol. The lowest BCUT2D eigenvalue weighted by atomic mass is 10.0. The maximum atomic E-state index is 5.87. The van der Waals surface area contributed by atoms with Crippen molar-refractivity contribution < 1.29 is 5.48 Å².